The first-order valence-electron chi connectivity index (χ1n) is 8.37. The van der Waals surface area contributed by atoms with E-state index in [0.29, 0.717) is 24.6 Å². The largest absolute Gasteiger partial charge is 0.359 e. The van der Waals surface area contributed by atoms with Crippen molar-refractivity contribution in [1.29, 1.82) is 0 Å². The highest BCUT2D eigenvalue weighted by molar-refractivity contribution is 5.91. The zero-order valence-corrected chi connectivity index (χ0v) is 15.2. The second kappa shape index (κ2) is 7.97. The Balaban J connectivity index is 1.57. The molecule has 1 aromatic carbocycles. The minimum atomic E-state index is -0.222. The topological polar surface area (TPSA) is 75.6 Å². The molecule has 1 amide bonds. The van der Waals surface area contributed by atoms with Gasteiger partial charge in [0, 0.05) is 25.7 Å². The summed E-state index contributed by atoms with van der Waals surface area (Å²) >= 11 is 0. The van der Waals surface area contributed by atoms with Crippen LogP contribution >= 0.6 is 0 Å². The van der Waals surface area contributed by atoms with Gasteiger partial charge < -0.3 is 13.9 Å². The summed E-state index contributed by atoms with van der Waals surface area (Å²) < 4.78 is 10.5. The third-order valence-electron chi connectivity index (χ3n) is 3.92. The number of aromatic nitrogens is 2. The van der Waals surface area contributed by atoms with Crippen LogP contribution in [0, 0.1) is 6.92 Å². The van der Waals surface area contributed by atoms with Crippen molar-refractivity contribution in [3.63, 3.8) is 0 Å². The molecule has 26 heavy (non-hydrogen) atoms. The Hall–Kier alpha value is -2.93. The highest BCUT2D eigenvalue weighted by atomic mass is 16.5. The fourth-order valence-electron chi connectivity index (χ4n) is 2.70. The van der Waals surface area contributed by atoms with Crippen LogP contribution in [0.5, 0.6) is 0 Å². The SMILES string of the molecule is Cc1cc(CN(C)C(=O)c2cc(CN(C)Cc3ccccc3)on2)on1. The maximum atomic E-state index is 12.5. The van der Waals surface area contributed by atoms with Crippen LogP contribution in [0.15, 0.2) is 51.5 Å². The minimum Gasteiger partial charge on any atom is -0.359 e. The minimum absolute atomic E-state index is 0.222. The van der Waals surface area contributed by atoms with Gasteiger partial charge >= 0.3 is 0 Å². The van der Waals surface area contributed by atoms with Gasteiger partial charge in [0.15, 0.2) is 17.2 Å². The summed E-state index contributed by atoms with van der Waals surface area (Å²) in [5.41, 5.74) is 2.28. The molecule has 0 atom stereocenters. The third-order valence-corrected chi connectivity index (χ3v) is 3.92. The number of carbonyl (C=O) groups is 1. The summed E-state index contributed by atoms with van der Waals surface area (Å²) in [7, 11) is 3.69. The van der Waals surface area contributed by atoms with Gasteiger partial charge in [-0.25, -0.2) is 0 Å². The average Bonchev–Trinajstić information content (AvgIpc) is 3.24. The van der Waals surface area contributed by atoms with Crippen molar-refractivity contribution in [1.82, 2.24) is 20.1 Å². The van der Waals surface area contributed by atoms with Gasteiger partial charge in [-0.15, -0.1) is 0 Å². The first-order valence-corrected chi connectivity index (χ1v) is 8.37. The molecule has 0 aliphatic heterocycles. The van der Waals surface area contributed by atoms with E-state index in [9.17, 15) is 4.79 Å². The predicted molar refractivity (Wildman–Crippen MR) is 95.2 cm³/mol. The van der Waals surface area contributed by atoms with Crippen LogP contribution in [0.25, 0.3) is 0 Å². The molecule has 0 fully saturated rings. The number of amides is 1. The fourth-order valence-corrected chi connectivity index (χ4v) is 2.70. The summed E-state index contributed by atoms with van der Waals surface area (Å²) in [5.74, 6) is 1.06. The summed E-state index contributed by atoms with van der Waals surface area (Å²) in [6.45, 7) is 3.52. The van der Waals surface area contributed by atoms with Crippen molar-refractivity contribution < 1.29 is 13.8 Å². The number of aryl methyl sites for hydroxylation is 1. The lowest BCUT2D eigenvalue weighted by Crippen LogP contribution is -2.26. The smallest absolute Gasteiger partial charge is 0.276 e. The molecule has 3 rings (SSSR count). The molecule has 0 bridgehead atoms. The van der Waals surface area contributed by atoms with Gasteiger partial charge in [0.2, 0.25) is 0 Å². The summed E-state index contributed by atoms with van der Waals surface area (Å²) in [6.07, 6.45) is 0. The summed E-state index contributed by atoms with van der Waals surface area (Å²) in [6, 6.07) is 13.7. The lowest BCUT2D eigenvalue weighted by Gasteiger charge is -2.14. The standard InChI is InChI=1S/C19H22N4O3/c1-14-9-16(25-20-14)13-23(3)19(24)18-10-17(26-21-18)12-22(2)11-15-7-5-4-6-8-15/h4-10H,11-13H2,1-3H3. The maximum absolute atomic E-state index is 12.5. The Labute approximate surface area is 152 Å². The zero-order chi connectivity index (χ0) is 18.5. The second-order valence-electron chi connectivity index (χ2n) is 6.43. The molecule has 0 unspecified atom stereocenters. The molecule has 2 heterocycles. The van der Waals surface area contributed by atoms with Crippen molar-refractivity contribution in [2.75, 3.05) is 14.1 Å². The Morgan fingerprint density at radius 3 is 2.35 bits per heavy atom. The van der Waals surface area contributed by atoms with Gasteiger partial charge in [-0.1, -0.05) is 40.6 Å². The first-order chi connectivity index (χ1) is 12.5. The number of hydrogen-bond acceptors (Lipinski definition) is 6. The van der Waals surface area contributed by atoms with Gasteiger partial charge in [-0.3, -0.25) is 9.69 Å². The quantitative estimate of drug-likeness (QED) is 0.649. The molecule has 0 spiro atoms. The van der Waals surface area contributed by atoms with E-state index >= 15 is 0 Å². The van der Waals surface area contributed by atoms with E-state index in [-0.39, 0.29) is 11.6 Å². The molecule has 3 aromatic rings. The monoisotopic (exact) mass is 354 g/mol. The first kappa shape index (κ1) is 17.9. The van der Waals surface area contributed by atoms with Crippen molar-refractivity contribution in [3.05, 3.63) is 70.9 Å². The van der Waals surface area contributed by atoms with E-state index in [1.54, 1.807) is 19.2 Å². The number of carbonyl (C=O) groups excluding carboxylic acids is 1. The van der Waals surface area contributed by atoms with Crippen LogP contribution in [0.1, 0.15) is 33.3 Å². The highest BCUT2D eigenvalue weighted by Crippen LogP contribution is 2.13. The van der Waals surface area contributed by atoms with Gasteiger partial charge in [-0.2, -0.15) is 0 Å². The molecule has 0 aliphatic carbocycles. The molecule has 0 radical (unpaired) electrons. The summed E-state index contributed by atoms with van der Waals surface area (Å²) in [4.78, 5) is 16.1. The normalized spacial score (nSPS) is 11.1. The maximum Gasteiger partial charge on any atom is 0.276 e. The van der Waals surface area contributed by atoms with Crippen molar-refractivity contribution in [2.24, 2.45) is 0 Å². The molecule has 0 aliphatic rings. The van der Waals surface area contributed by atoms with E-state index in [2.05, 4.69) is 27.3 Å². The molecule has 0 saturated heterocycles. The molecule has 0 N–H and O–H groups in total. The molecular formula is C19H22N4O3. The lowest BCUT2D eigenvalue weighted by atomic mass is 10.2. The predicted octanol–water partition coefficient (Wildman–Crippen LogP) is 2.88. The van der Waals surface area contributed by atoms with Crippen molar-refractivity contribution in [3.8, 4) is 0 Å². The number of nitrogens with zero attached hydrogens (tertiary/aromatic N) is 4. The average molecular weight is 354 g/mol. The molecule has 0 saturated carbocycles. The number of rotatable bonds is 7. The third kappa shape index (κ3) is 4.58. The van der Waals surface area contributed by atoms with Crippen LogP contribution in [0.3, 0.4) is 0 Å². The van der Waals surface area contributed by atoms with Gasteiger partial charge in [0.1, 0.15) is 0 Å². The zero-order valence-electron chi connectivity index (χ0n) is 15.2. The van der Waals surface area contributed by atoms with Gasteiger partial charge in [0.25, 0.3) is 5.91 Å². The Bertz CT molecular complexity index is 857. The van der Waals surface area contributed by atoms with Crippen LogP contribution in [0.2, 0.25) is 0 Å². The van der Waals surface area contributed by atoms with E-state index in [1.165, 1.54) is 10.5 Å². The van der Waals surface area contributed by atoms with Gasteiger partial charge in [-0.05, 0) is 19.5 Å². The van der Waals surface area contributed by atoms with E-state index in [0.717, 1.165) is 12.2 Å². The Kier molecular flexibility index (Phi) is 5.48. The van der Waals surface area contributed by atoms with Crippen LogP contribution in [-0.2, 0) is 19.6 Å². The molecule has 136 valence electrons. The summed E-state index contributed by atoms with van der Waals surface area (Å²) in [5, 5.41) is 7.73. The molecular weight excluding hydrogens is 332 g/mol. The van der Waals surface area contributed by atoms with Gasteiger partial charge in [0.05, 0.1) is 18.8 Å². The van der Waals surface area contributed by atoms with Crippen molar-refractivity contribution >= 4 is 5.91 Å². The Morgan fingerprint density at radius 1 is 0.962 bits per heavy atom. The lowest BCUT2D eigenvalue weighted by molar-refractivity contribution is 0.0761. The van der Waals surface area contributed by atoms with E-state index in [4.69, 9.17) is 9.05 Å². The molecule has 2 aromatic heterocycles. The molecule has 7 nitrogen and oxygen atoms in total. The molecule has 7 heteroatoms. The number of benzene rings is 1. The second-order valence-corrected chi connectivity index (χ2v) is 6.43. The van der Waals surface area contributed by atoms with E-state index < -0.39 is 0 Å². The van der Waals surface area contributed by atoms with Crippen molar-refractivity contribution in [2.45, 2.75) is 26.6 Å². The van der Waals surface area contributed by atoms with E-state index in [1.807, 2.05) is 32.2 Å². The fraction of sp³-hybridized carbons (Fsp3) is 0.316. The van der Waals surface area contributed by atoms with Crippen LogP contribution < -0.4 is 0 Å². The highest BCUT2D eigenvalue weighted by Gasteiger charge is 2.19. The van der Waals surface area contributed by atoms with Crippen LogP contribution in [0.4, 0.5) is 0 Å². The Morgan fingerprint density at radius 2 is 1.65 bits per heavy atom. The van der Waals surface area contributed by atoms with Crippen LogP contribution in [-0.4, -0.2) is 40.1 Å². The number of hydrogen-bond donors (Lipinski definition) is 0.